The Bertz CT molecular complexity index is 1790. The summed E-state index contributed by atoms with van der Waals surface area (Å²) in [6, 6.07) is 9.10. The number of anilines is 1. The van der Waals surface area contributed by atoms with E-state index in [0.717, 1.165) is 16.8 Å². The molecule has 2 fully saturated rings. The number of fused-ring (bicyclic) bond motifs is 2. The predicted molar refractivity (Wildman–Crippen MR) is 153 cm³/mol. The minimum Gasteiger partial charge on any atom is -0.354 e. The van der Waals surface area contributed by atoms with Crippen LogP contribution in [0.15, 0.2) is 70.8 Å². The van der Waals surface area contributed by atoms with Gasteiger partial charge in [0.2, 0.25) is 15.8 Å². The van der Waals surface area contributed by atoms with E-state index in [4.69, 9.17) is 0 Å². The number of aromatic nitrogens is 4. The van der Waals surface area contributed by atoms with Crippen molar-refractivity contribution in [2.75, 3.05) is 31.1 Å². The largest absolute Gasteiger partial charge is 0.354 e. The molecule has 4 aromatic rings. The van der Waals surface area contributed by atoms with Gasteiger partial charge < -0.3 is 4.90 Å². The van der Waals surface area contributed by atoms with Crippen LogP contribution in [0.1, 0.15) is 33.9 Å². The van der Waals surface area contributed by atoms with E-state index in [2.05, 4.69) is 15.1 Å². The monoisotopic (exact) mass is 608 g/mol. The number of carbonyl (C=O) groups is 1. The summed E-state index contributed by atoms with van der Waals surface area (Å²) in [6.07, 6.45) is 6.56. The number of rotatable bonds is 6. The van der Waals surface area contributed by atoms with Crippen LogP contribution in [-0.2, 0) is 16.4 Å². The fraction of sp³-hybridized carbons (Fsp3) is 0.310. The van der Waals surface area contributed by atoms with Crippen molar-refractivity contribution in [3.05, 3.63) is 88.0 Å². The molecule has 3 aromatic heterocycles. The molecular weight excluding hydrogens is 582 g/mol. The van der Waals surface area contributed by atoms with Gasteiger partial charge in [-0.25, -0.2) is 31.8 Å². The van der Waals surface area contributed by atoms with E-state index in [1.165, 1.54) is 40.0 Å². The summed E-state index contributed by atoms with van der Waals surface area (Å²) < 4.78 is 58.1. The molecule has 2 aliphatic heterocycles. The van der Waals surface area contributed by atoms with Gasteiger partial charge in [-0.2, -0.15) is 9.40 Å². The highest BCUT2D eigenvalue weighted by Crippen LogP contribution is 2.47. The van der Waals surface area contributed by atoms with Gasteiger partial charge in [0.25, 0.3) is 0 Å². The fourth-order valence-corrected chi connectivity index (χ4v) is 8.26. The Morgan fingerprint density at radius 3 is 2.60 bits per heavy atom. The molecule has 1 aliphatic carbocycles. The second kappa shape index (κ2) is 10.2. The smallest absolute Gasteiger partial charge is 0.244 e. The van der Waals surface area contributed by atoms with Gasteiger partial charge in [-0.05, 0) is 67.3 Å². The van der Waals surface area contributed by atoms with Gasteiger partial charge >= 0.3 is 0 Å². The third-order valence-corrected chi connectivity index (χ3v) is 10.9. The number of piperidine rings is 1. The van der Waals surface area contributed by atoms with Crippen LogP contribution in [0.5, 0.6) is 0 Å². The Morgan fingerprint density at radius 1 is 1.07 bits per heavy atom. The molecule has 2 atom stereocenters. The van der Waals surface area contributed by atoms with Gasteiger partial charge in [-0.15, -0.1) is 11.3 Å². The van der Waals surface area contributed by atoms with Gasteiger partial charge in [-0.3, -0.25) is 4.79 Å². The molecule has 0 saturated carbocycles. The summed E-state index contributed by atoms with van der Waals surface area (Å²) in [4.78, 5) is 24.6. The molecular formula is C29H26F2N6O3S2. The van der Waals surface area contributed by atoms with Crippen LogP contribution in [0.2, 0.25) is 0 Å². The van der Waals surface area contributed by atoms with E-state index in [-0.39, 0.29) is 42.6 Å². The van der Waals surface area contributed by atoms with Crippen molar-refractivity contribution in [2.24, 2.45) is 5.41 Å². The minimum absolute atomic E-state index is 0.0205. The van der Waals surface area contributed by atoms with Gasteiger partial charge in [0.15, 0.2) is 5.01 Å². The molecule has 0 spiro atoms. The number of Topliss-reactive ketones (excluding diaryl/α,β-unsaturated/α-hetero) is 1. The summed E-state index contributed by atoms with van der Waals surface area (Å²) in [6.45, 7) is 0.890. The summed E-state index contributed by atoms with van der Waals surface area (Å²) in [5.74, 6) is -0.0486. The van der Waals surface area contributed by atoms with Crippen LogP contribution in [0.25, 0.3) is 11.8 Å². The molecule has 42 heavy (non-hydrogen) atoms. The highest BCUT2D eigenvalue weighted by Gasteiger charge is 2.51. The van der Waals surface area contributed by atoms with Crippen LogP contribution >= 0.6 is 11.3 Å². The Kier molecular flexibility index (Phi) is 6.55. The maximum atomic E-state index is 14.1. The van der Waals surface area contributed by atoms with E-state index in [1.54, 1.807) is 45.6 Å². The number of thiazole rings is 1. The number of benzene rings is 1. The summed E-state index contributed by atoms with van der Waals surface area (Å²) in [5, 5.41) is 6.57. The number of hydrogen-bond acceptors (Lipinski definition) is 8. The Morgan fingerprint density at radius 2 is 1.90 bits per heavy atom. The van der Waals surface area contributed by atoms with Crippen molar-refractivity contribution < 1.29 is 22.0 Å². The Balaban J connectivity index is 1.24. The first-order valence-electron chi connectivity index (χ1n) is 13.6. The maximum absolute atomic E-state index is 14.1. The Labute approximate surface area is 245 Å². The first-order chi connectivity index (χ1) is 20.2. The lowest BCUT2D eigenvalue weighted by Gasteiger charge is -2.44. The predicted octanol–water partition coefficient (Wildman–Crippen LogP) is 4.31. The summed E-state index contributed by atoms with van der Waals surface area (Å²) >= 11 is 1.23. The zero-order valence-electron chi connectivity index (χ0n) is 22.4. The average molecular weight is 609 g/mol. The highest BCUT2D eigenvalue weighted by atomic mass is 32.2. The zero-order valence-corrected chi connectivity index (χ0v) is 24.0. The second-order valence-electron chi connectivity index (χ2n) is 10.8. The molecule has 7 rings (SSSR count). The van der Waals surface area contributed by atoms with E-state index in [0.29, 0.717) is 35.9 Å². The van der Waals surface area contributed by atoms with Crippen LogP contribution in [0.4, 0.5) is 14.6 Å². The number of sulfonamides is 1. The number of nitrogens with zero attached hydrogens (tertiary/aromatic N) is 6. The highest BCUT2D eigenvalue weighted by molar-refractivity contribution is 7.89. The van der Waals surface area contributed by atoms with Crippen LogP contribution in [0, 0.1) is 11.2 Å². The molecule has 1 aromatic carbocycles. The van der Waals surface area contributed by atoms with E-state index in [1.807, 2.05) is 6.08 Å². The zero-order chi connectivity index (χ0) is 29.1. The lowest BCUT2D eigenvalue weighted by atomic mass is 9.66. The Hall–Kier alpha value is -3.81. The van der Waals surface area contributed by atoms with Crippen LogP contribution in [0.3, 0.4) is 0 Å². The normalized spacial score (nSPS) is 22.5. The van der Waals surface area contributed by atoms with Crippen molar-refractivity contribution in [1.82, 2.24) is 24.1 Å². The number of pyridine rings is 1. The first-order valence-corrected chi connectivity index (χ1v) is 15.9. The molecule has 0 unspecified atom stereocenters. The second-order valence-corrected chi connectivity index (χ2v) is 13.6. The summed E-state index contributed by atoms with van der Waals surface area (Å²) in [7, 11) is -4.00. The number of hydrogen-bond donors (Lipinski definition) is 0. The van der Waals surface area contributed by atoms with E-state index in [9.17, 15) is 22.0 Å². The van der Waals surface area contributed by atoms with Crippen molar-refractivity contribution >= 4 is 39.0 Å². The molecule has 3 aliphatic rings. The molecule has 2 saturated heterocycles. The molecule has 0 amide bonds. The van der Waals surface area contributed by atoms with Crippen molar-refractivity contribution in [2.45, 2.75) is 30.3 Å². The number of carbonyl (C=O) groups excluding carboxylic acids is 1. The topological polar surface area (TPSA) is 101 Å². The van der Waals surface area contributed by atoms with Gasteiger partial charge in [0.05, 0.1) is 29.5 Å². The molecule has 9 nitrogen and oxygen atoms in total. The third kappa shape index (κ3) is 4.46. The van der Waals surface area contributed by atoms with Crippen molar-refractivity contribution in [3.63, 3.8) is 0 Å². The van der Waals surface area contributed by atoms with Crippen molar-refractivity contribution in [3.8, 4) is 5.69 Å². The molecule has 5 heterocycles. The van der Waals surface area contributed by atoms with Gasteiger partial charge in [-0.1, -0.05) is 5.57 Å². The van der Waals surface area contributed by atoms with E-state index < -0.39 is 21.6 Å². The molecule has 13 heteroatoms. The SMILES string of the molecule is O=C(c1nccs1)[C@]12Cc3cnn(-c4ccc(F)cc4)c3C=C1CCN(S(=O)(=O)c1ccc(N3CC[C@@H](F)C3)nc1)C2. The van der Waals surface area contributed by atoms with Crippen LogP contribution in [-0.4, -0.2) is 70.6 Å². The maximum Gasteiger partial charge on any atom is 0.244 e. The average Bonchev–Trinajstić information content (AvgIpc) is 3.77. The number of ketones is 1. The molecule has 0 N–H and O–H groups in total. The van der Waals surface area contributed by atoms with Gasteiger partial charge in [0, 0.05) is 37.4 Å². The first kappa shape index (κ1) is 27.0. The summed E-state index contributed by atoms with van der Waals surface area (Å²) in [5.41, 5.74) is 1.91. The number of halogens is 2. The standard InChI is InChI=1S/C29H26F2N6O3S2/c30-21-1-3-23(4-2-21)37-25-13-20-7-11-36(18-29(20,14-19(25)15-34-37)27(38)28-32-9-12-41-28)42(39,40)24-5-6-26(33-16-24)35-10-8-22(31)17-35/h1-6,9,12-13,15-16,22H,7-8,10-11,14,17-18H2/t22-,29+/m1/s1. The third-order valence-electron chi connectivity index (χ3n) is 8.33. The lowest BCUT2D eigenvalue weighted by molar-refractivity contribution is 0.0775. The quantitative estimate of drug-likeness (QED) is 0.301. The fourth-order valence-electron chi connectivity index (χ4n) is 6.14. The van der Waals surface area contributed by atoms with E-state index >= 15 is 0 Å². The molecule has 0 bridgehead atoms. The lowest BCUT2D eigenvalue weighted by Crippen LogP contribution is -2.53. The van der Waals surface area contributed by atoms with Gasteiger partial charge in [0.1, 0.15) is 22.7 Å². The minimum atomic E-state index is -4.00. The van der Waals surface area contributed by atoms with Crippen LogP contribution < -0.4 is 4.90 Å². The molecule has 216 valence electrons. The molecule has 0 radical (unpaired) electrons. The van der Waals surface area contributed by atoms with Crippen molar-refractivity contribution in [1.29, 1.82) is 0 Å². The number of alkyl halides is 1.